The fraction of sp³-hybridized carbons (Fsp3) is 0.316. The van der Waals surface area contributed by atoms with Crippen molar-refractivity contribution in [2.24, 2.45) is 0 Å². The lowest BCUT2D eigenvalue weighted by atomic mass is 10.1. The number of anilines is 2. The highest BCUT2D eigenvalue weighted by Crippen LogP contribution is 2.31. The molecule has 150 valence electrons. The molecule has 0 spiro atoms. The van der Waals surface area contributed by atoms with Crippen LogP contribution in [0.2, 0.25) is 0 Å². The Hall–Kier alpha value is -2.98. The van der Waals surface area contributed by atoms with Crippen LogP contribution >= 0.6 is 0 Å². The van der Waals surface area contributed by atoms with Crippen molar-refractivity contribution in [3.63, 3.8) is 0 Å². The molecule has 1 unspecified atom stereocenters. The van der Waals surface area contributed by atoms with Gasteiger partial charge in [0.15, 0.2) is 15.7 Å². The van der Waals surface area contributed by atoms with E-state index < -0.39 is 9.84 Å². The normalized spacial score (nSPS) is 17.8. The van der Waals surface area contributed by atoms with Crippen molar-refractivity contribution in [2.75, 3.05) is 24.8 Å². The van der Waals surface area contributed by atoms with Crippen LogP contribution in [0, 0.1) is 0 Å². The Morgan fingerprint density at radius 1 is 1.31 bits per heavy atom. The molecule has 1 saturated heterocycles. The number of nitrogens with one attached hydrogen (secondary N) is 2. The Kier molecular flexibility index (Phi) is 4.25. The van der Waals surface area contributed by atoms with Crippen LogP contribution in [0.25, 0.3) is 21.8 Å². The third-order valence-corrected chi connectivity index (χ3v) is 6.27. The van der Waals surface area contributed by atoms with Gasteiger partial charge in [0.05, 0.1) is 34.9 Å². The van der Waals surface area contributed by atoms with Crippen molar-refractivity contribution in [3.05, 3.63) is 36.8 Å². The Labute approximate surface area is 167 Å². The number of H-pyrrole nitrogens is 1. The number of hydrogen-bond acceptors (Lipinski definition) is 7. The molecule has 0 radical (unpaired) electrons. The minimum absolute atomic E-state index is 0.240. The molecule has 4 heterocycles. The van der Waals surface area contributed by atoms with Crippen LogP contribution in [0.15, 0.2) is 41.7 Å². The highest BCUT2D eigenvalue weighted by atomic mass is 32.2. The van der Waals surface area contributed by atoms with Gasteiger partial charge in [0.25, 0.3) is 0 Å². The molecule has 0 amide bonds. The molecule has 1 aromatic carbocycles. The second-order valence-electron chi connectivity index (χ2n) is 7.26. The Bertz CT molecular complexity index is 1300. The zero-order chi connectivity index (χ0) is 20.0. The van der Waals surface area contributed by atoms with E-state index in [1.165, 1.54) is 6.26 Å². The number of pyridine rings is 1. The molecule has 3 aromatic heterocycles. The summed E-state index contributed by atoms with van der Waals surface area (Å²) in [5.41, 5.74) is 2.12. The predicted octanol–water partition coefficient (Wildman–Crippen LogP) is 2.81. The van der Waals surface area contributed by atoms with Crippen molar-refractivity contribution in [2.45, 2.75) is 23.8 Å². The average molecular weight is 412 g/mol. The van der Waals surface area contributed by atoms with E-state index in [2.05, 4.69) is 25.6 Å². The maximum atomic E-state index is 11.9. The largest absolute Gasteiger partial charge is 0.379 e. The Morgan fingerprint density at radius 3 is 3.00 bits per heavy atom. The van der Waals surface area contributed by atoms with Crippen molar-refractivity contribution in [3.8, 4) is 0 Å². The number of nitrogens with zero attached hydrogens (tertiary/aromatic N) is 4. The maximum absolute atomic E-state index is 11.9. The summed E-state index contributed by atoms with van der Waals surface area (Å²) in [7, 11) is -3.31. The number of aromatic amines is 1. The van der Waals surface area contributed by atoms with Gasteiger partial charge in [-0.15, -0.1) is 0 Å². The minimum atomic E-state index is -3.31. The first-order valence-corrected chi connectivity index (χ1v) is 11.2. The van der Waals surface area contributed by atoms with Crippen LogP contribution < -0.4 is 5.32 Å². The van der Waals surface area contributed by atoms with Crippen LogP contribution in [0.3, 0.4) is 0 Å². The third-order valence-electron chi connectivity index (χ3n) is 5.16. The van der Waals surface area contributed by atoms with E-state index >= 15 is 0 Å². The lowest BCUT2D eigenvalue weighted by molar-refractivity contribution is 0.0549. The summed E-state index contributed by atoms with van der Waals surface area (Å²) < 4.78 is 31.3. The molecule has 2 N–H and O–H groups in total. The highest BCUT2D eigenvalue weighted by Gasteiger charge is 2.18. The second kappa shape index (κ2) is 6.82. The topological polar surface area (TPSA) is 115 Å². The van der Waals surface area contributed by atoms with Gasteiger partial charge in [0, 0.05) is 36.0 Å². The molecule has 5 rings (SSSR count). The smallest absolute Gasteiger partial charge is 0.175 e. The fourth-order valence-corrected chi connectivity index (χ4v) is 4.31. The lowest BCUT2D eigenvalue weighted by Gasteiger charge is -2.22. The van der Waals surface area contributed by atoms with E-state index in [0.29, 0.717) is 23.5 Å². The zero-order valence-corrected chi connectivity index (χ0v) is 16.6. The molecule has 29 heavy (non-hydrogen) atoms. The van der Waals surface area contributed by atoms with Crippen molar-refractivity contribution >= 4 is 43.1 Å². The monoisotopic (exact) mass is 412 g/mol. The number of fused-ring (bicyclic) bond motifs is 3. The van der Waals surface area contributed by atoms with Gasteiger partial charge in [-0.05, 0) is 31.0 Å². The molecular formula is C19H20N6O3S. The zero-order valence-electron chi connectivity index (χ0n) is 15.8. The van der Waals surface area contributed by atoms with E-state index in [1.54, 1.807) is 30.6 Å². The molecule has 0 saturated carbocycles. The molecule has 0 bridgehead atoms. The average Bonchev–Trinajstić information content (AvgIpc) is 3.38. The highest BCUT2D eigenvalue weighted by molar-refractivity contribution is 7.90. The van der Waals surface area contributed by atoms with Crippen LogP contribution in [0.1, 0.15) is 18.9 Å². The maximum Gasteiger partial charge on any atom is 0.175 e. The van der Waals surface area contributed by atoms with Crippen molar-refractivity contribution in [1.82, 2.24) is 25.0 Å². The van der Waals surface area contributed by atoms with Gasteiger partial charge in [-0.2, -0.15) is 10.2 Å². The van der Waals surface area contributed by atoms with Gasteiger partial charge in [-0.25, -0.2) is 13.4 Å². The van der Waals surface area contributed by atoms with Crippen molar-refractivity contribution < 1.29 is 13.2 Å². The summed E-state index contributed by atoms with van der Waals surface area (Å²) in [5.74, 6) is 0.584. The molecule has 4 aromatic rings. The van der Waals surface area contributed by atoms with E-state index in [1.807, 2.05) is 10.9 Å². The number of ether oxygens (including phenoxy) is 1. The molecule has 10 heteroatoms. The molecule has 1 atom stereocenters. The van der Waals surface area contributed by atoms with Gasteiger partial charge in [-0.1, -0.05) is 0 Å². The first-order chi connectivity index (χ1) is 14.0. The van der Waals surface area contributed by atoms with E-state index in [9.17, 15) is 8.42 Å². The van der Waals surface area contributed by atoms with Gasteiger partial charge >= 0.3 is 0 Å². The number of rotatable bonds is 4. The second-order valence-corrected chi connectivity index (χ2v) is 9.28. The molecule has 0 aliphatic carbocycles. The first kappa shape index (κ1) is 18.1. The first-order valence-electron chi connectivity index (χ1n) is 9.35. The Morgan fingerprint density at radius 2 is 2.21 bits per heavy atom. The lowest BCUT2D eigenvalue weighted by Crippen LogP contribution is -2.21. The van der Waals surface area contributed by atoms with Crippen LogP contribution in [0.4, 0.5) is 11.5 Å². The third kappa shape index (κ3) is 3.34. The summed E-state index contributed by atoms with van der Waals surface area (Å²) >= 11 is 0. The molecule has 1 aliphatic rings. The summed E-state index contributed by atoms with van der Waals surface area (Å²) in [4.78, 5) is 4.92. The number of sulfone groups is 1. The van der Waals surface area contributed by atoms with E-state index in [4.69, 9.17) is 4.74 Å². The van der Waals surface area contributed by atoms with Gasteiger partial charge in [0.1, 0.15) is 5.52 Å². The van der Waals surface area contributed by atoms with Crippen LogP contribution in [-0.4, -0.2) is 52.8 Å². The van der Waals surface area contributed by atoms with E-state index in [-0.39, 0.29) is 10.9 Å². The van der Waals surface area contributed by atoms with Crippen LogP contribution in [0.5, 0.6) is 0 Å². The number of aromatic nitrogens is 5. The standard InChI is InChI=1S/C19H20N6O3S/c1-29(26,27)14-4-5-17-15(7-14)16-9-20-24-18(16)19(23-17)22-12-8-21-25(10-12)13-3-2-6-28-11-13/h4-5,7-10,13H,2-3,6,11H2,1H3,(H,20,24)(H,22,23). The van der Waals surface area contributed by atoms with Gasteiger partial charge in [0.2, 0.25) is 0 Å². The molecular weight excluding hydrogens is 392 g/mol. The predicted molar refractivity (Wildman–Crippen MR) is 109 cm³/mol. The fourth-order valence-electron chi connectivity index (χ4n) is 3.67. The summed E-state index contributed by atoms with van der Waals surface area (Å²) in [6.45, 7) is 1.48. The van der Waals surface area contributed by atoms with Gasteiger partial charge in [-0.3, -0.25) is 9.78 Å². The van der Waals surface area contributed by atoms with E-state index in [0.717, 1.165) is 35.9 Å². The SMILES string of the molecule is CS(=O)(=O)c1ccc2nc(Nc3cnn(C4CCCOC4)c3)c3n[nH]cc3c2c1. The molecule has 9 nitrogen and oxygen atoms in total. The Balaban J connectivity index is 1.53. The summed E-state index contributed by atoms with van der Waals surface area (Å²) in [6.07, 6.45) is 8.71. The minimum Gasteiger partial charge on any atom is -0.379 e. The van der Waals surface area contributed by atoms with Crippen LogP contribution in [-0.2, 0) is 14.6 Å². The van der Waals surface area contributed by atoms with Crippen molar-refractivity contribution in [1.29, 1.82) is 0 Å². The molecule has 1 aliphatic heterocycles. The number of benzene rings is 1. The summed E-state index contributed by atoms with van der Waals surface area (Å²) in [5, 5.41) is 16.4. The van der Waals surface area contributed by atoms with Gasteiger partial charge < -0.3 is 10.1 Å². The number of hydrogen-bond donors (Lipinski definition) is 2. The quantitative estimate of drug-likeness (QED) is 0.530. The summed E-state index contributed by atoms with van der Waals surface area (Å²) in [6, 6.07) is 5.16. The molecule has 1 fully saturated rings.